The molecule has 0 bridgehead atoms. The second-order valence-corrected chi connectivity index (χ2v) is 5.68. The Kier molecular flexibility index (Phi) is 3.22. The van der Waals surface area contributed by atoms with Crippen molar-refractivity contribution < 1.29 is 0 Å². The minimum Gasteiger partial charge on any atom is -0.309 e. The lowest BCUT2D eigenvalue weighted by molar-refractivity contribution is 0.626. The number of H-pyrrole nitrogens is 1. The van der Waals surface area contributed by atoms with E-state index in [1.165, 1.54) is 24.0 Å². The van der Waals surface area contributed by atoms with Crippen LogP contribution >= 0.6 is 15.9 Å². The molecular formula is C14H16BrN3. The molecule has 1 aliphatic rings. The number of benzene rings is 1. The fourth-order valence-electron chi connectivity index (χ4n) is 2.63. The lowest BCUT2D eigenvalue weighted by Crippen LogP contribution is -2.14. The quantitative estimate of drug-likeness (QED) is 0.890. The number of halogens is 1. The maximum Gasteiger partial charge on any atom is 0.0872 e. The summed E-state index contributed by atoms with van der Waals surface area (Å²) in [5, 5.41) is 11.1. The predicted octanol–water partition coefficient (Wildman–Crippen LogP) is 3.57. The molecule has 0 radical (unpaired) electrons. The average Bonchev–Trinajstić information content (AvgIpc) is 2.97. The number of nitrogens with one attached hydrogen (secondary N) is 2. The third-order valence-corrected chi connectivity index (χ3v) is 3.97. The van der Waals surface area contributed by atoms with Gasteiger partial charge in [0.1, 0.15) is 0 Å². The predicted molar refractivity (Wildman–Crippen MR) is 76.4 cm³/mol. The third-order valence-electron chi connectivity index (χ3n) is 3.48. The summed E-state index contributed by atoms with van der Waals surface area (Å²) in [6, 6.07) is 8.80. The van der Waals surface area contributed by atoms with E-state index in [4.69, 9.17) is 0 Å². The van der Waals surface area contributed by atoms with E-state index in [0.29, 0.717) is 6.04 Å². The summed E-state index contributed by atoms with van der Waals surface area (Å²) in [4.78, 5) is 0. The van der Waals surface area contributed by atoms with E-state index in [9.17, 15) is 0 Å². The topological polar surface area (TPSA) is 40.7 Å². The van der Waals surface area contributed by atoms with Crippen molar-refractivity contribution in [3.05, 3.63) is 40.1 Å². The summed E-state index contributed by atoms with van der Waals surface area (Å²) >= 11 is 3.53. The second kappa shape index (κ2) is 4.86. The van der Waals surface area contributed by atoms with Crippen LogP contribution in [0.25, 0.3) is 11.1 Å². The van der Waals surface area contributed by atoms with E-state index in [2.05, 4.69) is 56.6 Å². The van der Waals surface area contributed by atoms with Crippen LogP contribution in [-0.4, -0.2) is 16.7 Å². The minimum absolute atomic E-state index is 0.393. The Balaban J connectivity index is 2.07. The Hall–Kier alpha value is -1.13. The zero-order chi connectivity index (χ0) is 12.5. The van der Waals surface area contributed by atoms with Gasteiger partial charge in [-0.1, -0.05) is 28.1 Å². The summed E-state index contributed by atoms with van der Waals surface area (Å²) in [5.41, 5.74) is 4.76. The first-order chi connectivity index (χ1) is 8.75. The average molecular weight is 306 g/mol. The van der Waals surface area contributed by atoms with Crippen molar-refractivity contribution in [2.24, 2.45) is 0 Å². The summed E-state index contributed by atoms with van der Waals surface area (Å²) in [6.45, 7) is 3.18. The molecule has 1 unspecified atom stereocenters. The zero-order valence-corrected chi connectivity index (χ0v) is 11.9. The van der Waals surface area contributed by atoms with Gasteiger partial charge in [0.15, 0.2) is 0 Å². The highest BCUT2D eigenvalue weighted by Crippen LogP contribution is 2.34. The van der Waals surface area contributed by atoms with E-state index < -0.39 is 0 Å². The van der Waals surface area contributed by atoms with Gasteiger partial charge >= 0.3 is 0 Å². The number of nitrogens with zero attached hydrogens (tertiary/aromatic N) is 1. The van der Waals surface area contributed by atoms with Crippen LogP contribution in [-0.2, 0) is 0 Å². The van der Waals surface area contributed by atoms with Crippen molar-refractivity contribution in [3.8, 4) is 11.1 Å². The van der Waals surface area contributed by atoms with Gasteiger partial charge in [0.2, 0.25) is 0 Å². The molecule has 94 valence electrons. The van der Waals surface area contributed by atoms with E-state index in [1.54, 1.807) is 0 Å². The molecule has 1 saturated heterocycles. The third kappa shape index (κ3) is 2.10. The molecule has 1 atom stereocenters. The first-order valence-electron chi connectivity index (χ1n) is 6.30. The van der Waals surface area contributed by atoms with Crippen molar-refractivity contribution in [3.63, 3.8) is 0 Å². The van der Waals surface area contributed by atoms with Gasteiger partial charge in [-0.3, -0.25) is 5.10 Å². The van der Waals surface area contributed by atoms with Crippen LogP contribution in [0.15, 0.2) is 28.7 Å². The van der Waals surface area contributed by atoms with Crippen LogP contribution in [0.3, 0.4) is 0 Å². The maximum absolute atomic E-state index is 4.50. The molecule has 0 saturated carbocycles. The van der Waals surface area contributed by atoms with Gasteiger partial charge in [0.05, 0.1) is 11.7 Å². The van der Waals surface area contributed by atoms with Crippen molar-refractivity contribution >= 4 is 15.9 Å². The van der Waals surface area contributed by atoms with Crippen LogP contribution in [0.2, 0.25) is 0 Å². The number of hydrogen-bond acceptors (Lipinski definition) is 2. The summed E-state index contributed by atoms with van der Waals surface area (Å²) in [7, 11) is 0. The van der Waals surface area contributed by atoms with Crippen molar-refractivity contribution in [2.45, 2.75) is 25.8 Å². The van der Waals surface area contributed by atoms with E-state index >= 15 is 0 Å². The molecule has 1 aromatic heterocycles. The van der Waals surface area contributed by atoms with Crippen LogP contribution < -0.4 is 5.32 Å². The number of rotatable bonds is 2. The first kappa shape index (κ1) is 11.9. The van der Waals surface area contributed by atoms with E-state index in [1.807, 2.05) is 6.07 Å². The molecule has 0 amide bonds. The standard InChI is InChI=1S/C14H16BrN3/c1-9-13(10-4-2-5-11(15)8-10)14(18-17-9)12-6-3-7-16-12/h2,4-5,8,12,16H,3,6-7H2,1H3,(H,17,18). The monoisotopic (exact) mass is 305 g/mol. The lowest BCUT2D eigenvalue weighted by atomic mass is 9.99. The van der Waals surface area contributed by atoms with E-state index in [0.717, 1.165) is 22.4 Å². The minimum atomic E-state index is 0.393. The SMILES string of the molecule is Cc1[nH]nc(C2CCCN2)c1-c1cccc(Br)c1. The molecule has 3 nitrogen and oxygen atoms in total. The van der Waals surface area contributed by atoms with Gasteiger partial charge in [-0.25, -0.2) is 0 Å². The molecule has 18 heavy (non-hydrogen) atoms. The largest absolute Gasteiger partial charge is 0.309 e. The molecule has 1 aliphatic heterocycles. The van der Waals surface area contributed by atoms with E-state index in [-0.39, 0.29) is 0 Å². The maximum atomic E-state index is 4.50. The summed E-state index contributed by atoms with van der Waals surface area (Å²) in [6.07, 6.45) is 2.40. The highest BCUT2D eigenvalue weighted by Gasteiger charge is 2.23. The Morgan fingerprint density at radius 3 is 3.00 bits per heavy atom. The molecule has 0 aliphatic carbocycles. The fourth-order valence-corrected chi connectivity index (χ4v) is 3.03. The van der Waals surface area contributed by atoms with Crippen molar-refractivity contribution in [1.29, 1.82) is 0 Å². The van der Waals surface area contributed by atoms with Crippen molar-refractivity contribution in [1.82, 2.24) is 15.5 Å². The number of aryl methyl sites for hydroxylation is 1. The zero-order valence-electron chi connectivity index (χ0n) is 10.3. The molecule has 3 rings (SSSR count). The first-order valence-corrected chi connectivity index (χ1v) is 7.09. The van der Waals surface area contributed by atoms with Gasteiger partial charge in [0.25, 0.3) is 0 Å². The molecular weight excluding hydrogens is 290 g/mol. The second-order valence-electron chi connectivity index (χ2n) is 4.77. The van der Waals surface area contributed by atoms with Crippen molar-refractivity contribution in [2.75, 3.05) is 6.54 Å². The Bertz CT molecular complexity index is 556. The van der Waals surface area contributed by atoms with Crippen LogP contribution in [0, 0.1) is 6.92 Å². The van der Waals surface area contributed by atoms with Gasteiger partial charge in [-0.2, -0.15) is 5.10 Å². The molecule has 1 fully saturated rings. The molecule has 2 aromatic rings. The van der Waals surface area contributed by atoms with Gasteiger partial charge in [-0.05, 0) is 44.0 Å². The van der Waals surface area contributed by atoms with Gasteiger partial charge in [-0.15, -0.1) is 0 Å². The lowest BCUT2D eigenvalue weighted by Gasteiger charge is -2.11. The normalized spacial score (nSPS) is 19.3. The summed E-state index contributed by atoms with van der Waals surface area (Å²) < 4.78 is 1.10. The number of aromatic amines is 1. The van der Waals surface area contributed by atoms with Crippen LogP contribution in [0.1, 0.15) is 30.3 Å². The molecule has 1 aromatic carbocycles. The molecule has 4 heteroatoms. The Morgan fingerprint density at radius 1 is 1.39 bits per heavy atom. The van der Waals surface area contributed by atoms with Gasteiger partial charge in [0, 0.05) is 15.7 Å². The molecule has 2 N–H and O–H groups in total. The highest BCUT2D eigenvalue weighted by molar-refractivity contribution is 9.10. The number of hydrogen-bond donors (Lipinski definition) is 2. The summed E-state index contributed by atoms with van der Waals surface area (Å²) in [5.74, 6) is 0. The fraction of sp³-hybridized carbons (Fsp3) is 0.357. The molecule has 2 heterocycles. The van der Waals surface area contributed by atoms with Crippen LogP contribution in [0.5, 0.6) is 0 Å². The number of aromatic nitrogens is 2. The Labute approximate surface area is 115 Å². The van der Waals surface area contributed by atoms with Crippen LogP contribution in [0.4, 0.5) is 0 Å². The smallest absolute Gasteiger partial charge is 0.0872 e. The van der Waals surface area contributed by atoms with Gasteiger partial charge < -0.3 is 5.32 Å². The molecule has 0 spiro atoms. The Morgan fingerprint density at radius 2 is 2.28 bits per heavy atom. The highest BCUT2D eigenvalue weighted by atomic mass is 79.9.